The summed E-state index contributed by atoms with van der Waals surface area (Å²) in [6.07, 6.45) is 1.10. The quantitative estimate of drug-likeness (QED) is 0.800. The smallest absolute Gasteiger partial charge is 0.226 e. The number of methoxy groups -OCH3 is 2. The number of anilines is 1. The molecule has 22 heavy (non-hydrogen) atoms. The zero-order valence-corrected chi connectivity index (χ0v) is 13.6. The van der Waals surface area contributed by atoms with Crippen LogP contribution in [0.15, 0.2) is 18.2 Å². The molecule has 2 amide bonds. The Bertz CT molecular complexity index is 517. The summed E-state index contributed by atoms with van der Waals surface area (Å²) in [5.74, 6) is 1.00. The predicted octanol–water partition coefficient (Wildman–Crippen LogP) is 2.29. The molecule has 6 heteroatoms. The number of nitrogens with zero attached hydrogens (tertiary/aromatic N) is 1. The monoisotopic (exact) mass is 308 g/mol. The molecule has 0 aliphatic heterocycles. The number of amides is 2. The van der Waals surface area contributed by atoms with Gasteiger partial charge in [0, 0.05) is 32.5 Å². The van der Waals surface area contributed by atoms with Crippen LogP contribution < -0.4 is 14.8 Å². The van der Waals surface area contributed by atoms with Crippen molar-refractivity contribution in [1.82, 2.24) is 4.90 Å². The minimum absolute atomic E-state index is 0.0198. The van der Waals surface area contributed by atoms with E-state index in [1.54, 1.807) is 30.2 Å². The maximum absolute atomic E-state index is 12.1. The van der Waals surface area contributed by atoms with Gasteiger partial charge < -0.3 is 19.7 Å². The Morgan fingerprint density at radius 3 is 2.45 bits per heavy atom. The first kappa shape index (κ1) is 17.8. The lowest BCUT2D eigenvalue weighted by Gasteiger charge is -2.20. The average Bonchev–Trinajstić information content (AvgIpc) is 2.50. The van der Waals surface area contributed by atoms with Crippen LogP contribution in [0.25, 0.3) is 0 Å². The van der Waals surface area contributed by atoms with Gasteiger partial charge in [-0.3, -0.25) is 9.59 Å². The van der Waals surface area contributed by atoms with Gasteiger partial charge in [0.1, 0.15) is 11.5 Å². The van der Waals surface area contributed by atoms with E-state index in [1.807, 2.05) is 6.92 Å². The molecule has 0 aromatic heterocycles. The summed E-state index contributed by atoms with van der Waals surface area (Å²) in [6, 6.07) is 5.19. The number of nitrogens with one attached hydrogen (secondary N) is 1. The summed E-state index contributed by atoms with van der Waals surface area (Å²) in [5.41, 5.74) is 0.553. The van der Waals surface area contributed by atoms with Crippen molar-refractivity contribution in [3.8, 4) is 11.5 Å². The Morgan fingerprint density at radius 1 is 1.18 bits per heavy atom. The van der Waals surface area contributed by atoms with Gasteiger partial charge in [-0.2, -0.15) is 0 Å². The summed E-state index contributed by atoms with van der Waals surface area (Å²) in [6.45, 7) is 4.57. The van der Waals surface area contributed by atoms with E-state index in [4.69, 9.17) is 9.47 Å². The molecule has 1 rings (SSSR count). The van der Waals surface area contributed by atoms with Crippen LogP contribution in [0, 0.1) is 0 Å². The summed E-state index contributed by atoms with van der Waals surface area (Å²) >= 11 is 0. The van der Waals surface area contributed by atoms with Gasteiger partial charge in [-0.15, -0.1) is 0 Å². The second kappa shape index (κ2) is 8.92. The molecule has 0 saturated heterocycles. The van der Waals surface area contributed by atoms with E-state index >= 15 is 0 Å². The first-order valence-electron chi connectivity index (χ1n) is 7.29. The minimum Gasteiger partial charge on any atom is -0.497 e. The van der Waals surface area contributed by atoms with Crippen molar-refractivity contribution in [2.24, 2.45) is 0 Å². The van der Waals surface area contributed by atoms with Gasteiger partial charge in [-0.1, -0.05) is 6.92 Å². The van der Waals surface area contributed by atoms with Crippen LogP contribution in [-0.4, -0.2) is 44.0 Å². The van der Waals surface area contributed by atoms with Crippen LogP contribution >= 0.6 is 0 Å². The van der Waals surface area contributed by atoms with Crippen LogP contribution in [0.5, 0.6) is 11.5 Å². The van der Waals surface area contributed by atoms with E-state index in [1.165, 1.54) is 14.0 Å². The van der Waals surface area contributed by atoms with E-state index in [-0.39, 0.29) is 18.2 Å². The van der Waals surface area contributed by atoms with Gasteiger partial charge >= 0.3 is 0 Å². The van der Waals surface area contributed by atoms with Gasteiger partial charge in [0.15, 0.2) is 0 Å². The lowest BCUT2D eigenvalue weighted by atomic mass is 10.2. The number of rotatable bonds is 8. The minimum atomic E-state index is -0.172. The second-order valence-electron chi connectivity index (χ2n) is 4.87. The fourth-order valence-corrected chi connectivity index (χ4v) is 2.06. The maximum Gasteiger partial charge on any atom is 0.226 e. The highest BCUT2D eigenvalue weighted by Crippen LogP contribution is 2.28. The normalized spacial score (nSPS) is 10.0. The largest absolute Gasteiger partial charge is 0.497 e. The third kappa shape index (κ3) is 5.27. The van der Waals surface area contributed by atoms with E-state index in [2.05, 4.69) is 5.32 Å². The standard InChI is InChI=1S/C16H24N2O4/c1-5-9-18(12(2)19)10-8-16(20)17-14-11-13(21-3)6-7-15(14)22-4/h6-7,11H,5,8-10H2,1-4H3,(H,17,20). The molecular formula is C16H24N2O4. The molecule has 6 nitrogen and oxygen atoms in total. The summed E-state index contributed by atoms with van der Waals surface area (Å²) < 4.78 is 10.4. The molecule has 0 bridgehead atoms. The third-order valence-corrected chi connectivity index (χ3v) is 3.23. The lowest BCUT2D eigenvalue weighted by Crippen LogP contribution is -2.32. The topological polar surface area (TPSA) is 67.9 Å². The van der Waals surface area contributed by atoms with Crippen LogP contribution in [0.4, 0.5) is 5.69 Å². The molecule has 0 atom stereocenters. The Kier molecular flexibility index (Phi) is 7.22. The zero-order chi connectivity index (χ0) is 16.5. The van der Waals surface area contributed by atoms with Crippen molar-refractivity contribution in [1.29, 1.82) is 0 Å². The molecule has 0 unspecified atom stereocenters. The number of benzene rings is 1. The van der Waals surface area contributed by atoms with Crippen molar-refractivity contribution < 1.29 is 19.1 Å². The number of ether oxygens (including phenoxy) is 2. The average molecular weight is 308 g/mol. The van der Waals surface area contributed by atoms with Gasteiger partial charge in [0.05, 0.1) is 19.9 Å². The van der Waals surface area contributed by atoms with Crippen LogP contribution in [-0.2, 0) is 9.59 Å². The van der Waals surface area contributed by atoms with Gasteiger partial charge in [-0.05, 0) is 18.6 Å². The first-order valence-corrected chi connectivity index (χ1v) is 7.29. The Labute approximate surface area is 131 Å². The molecule has 1 N–H and O–H groups in total. The van der Waals surface area contributed by atoms with Crippen molar-refractivity contribution in [3.63, 3.8) is 0 Å². The molecule has 0 fully saturated rings. The van der Waals surface area contributed by atoms with Crippen molar-refractivity contribution >= 4 is 17.5 Å². The van der Waals surface area contributed by atoms with Gasteiger partial charge in [0.2, 0.25) is 11.8 Å². The molecule has 1 aromatic rings. The summed E-state index contributed by atoms with van der Waals surface area (Å²) in [5, 5.41) is 2.79. The Balaban J connectivity index is 2.66. The highest BCUT2D eigenvalue weighted by molar-refractivity contribution is 5.92. The van der Waals surface area contributed by atoms with E-state index in [0.29, 0.717) is 30.3 Å². The van der Waals surface area contributed by atoms with Crippen molar-refractivity contribution in [2.75, 3.05) is 32.6 Å². The molecule has 0 radical (unpaired) electrons. The molecule has 0 aliphatic carbocycles. The Morgan fingerprint density at radius 2 is 1.91 bits per heavy atom. The molecule has 1 aromatic carbocycles. The molecule has 0 aliphatic rings. The number of carbonyl (C=O) groups is 2. The first-order chi connectivity index (χ1) is 10.5. The van der Waals surface area contributed by atoms with Gasteiger partial charge in [0.25, 0.3) is 0 Å². The van der Waals surface area contributed by atoms with Crippen LogP contribution in [0.1, 0.15) is 26.7 Å². The van der Waals surface area contributed by atoms with Crippen LogP contribution in [0.3, 0.4) is 0 Å². The molecule has 0 heterocycles. The molecule has 0 spiro atoms. The van der Waals surface area contributed by atoms with Crippen LogP contribution in [0.2, 0.25) is 0 Å². The van der Waals surface area contributed by atoms with Gasteiger partial charge in [-0.25, -0.2) is 0 Å². The number of hydrogen-bond donors (Lipinski definition) is 1. The number of hydrogen-bond acceptors (Lipinski definition) is 4. The summed E-state index contributed by atoms with van der Waals surface area (Å²) in [7, 11) is 3.10. The fourth-order valence-electron chi connectivity index (χ4n) is 2.06. The maximum atomic E-state index is 12.1. The Hall–Kier alpha value is -2.24. The second-order valence-corrected chi connectivity index (χ2v) is 4.87. The third-order valence-electron chi connectivity index (χ3n) is 3.23. The van der Waals surface area contributed by atoms with Crippen molar-refractivity contribution in [3.05, 3.63) is 18.2 Å². The van der Waals surface area contributed by atoms with Crippen molar-refractivity contribution in [2.45, 2.75) is 26.7 Å². The van der Waals surface area contributed by atoms with E-state index in [0.717, 1.165) is 6.42 Å². The van der Waals surface area contributed by atoms with E-state index in [9.17, 15) is 9.59 Å². The SMILES string of the molecule is CCCN(CCC(=O)Nc1cc(OC)ccc1OC)C(C)=O. The summed E-state index contributed by atoms with van der Waals surface area (Å²) in [4.78, 5) is 25.2. The molecule has 122 valence electrons. The fraction of sp³-hybridized carbons (Fsp3) is 0.500. The highest BCUT2D eigenvalue weighted by atomic mass is 16.5. The van der Waals surface area contributed by atoms with E-state index < -0.39 is 0 Å². The number of carbonyl (C=O) groups excluding carboxylic acids is 2. The zero-order valence-electron chi connectivity index (χ0n) is 13.6. The highest BCUT2D eigenvalue weighted by Gasteiger charge is 2.12. The lowest BCUT2D eigenvalue weighted by molar-refractivity contribution is -0.129. The molecular weight excluding hydrogens is 284 g/mol. The predicted molar refractivity (Wildman–Crippen MR) is 85.3 cm³/mol. The molecule has 0 saturated carbocycles.